The molecule has 0 fully saturated rings. The van der Waals surface area contributed by atoms with Crippen molar-refractivity contribution >= 4 is 11.6 Å². The zero-order chi connectivity index (χ0) is 14.8. The van der Waals surface area contributed by atoms with E-state index in [2.05, 4.69) is 10.3 Å². The summed E-state index contributed by atoms with van der Waals surface area (Å²) < 4.78 is 5.55. The molecule has 2 N–H and O–H groups in total. The van der Waals surface area contributed by atoms with Crippen molar-refractivity contribution in [1.29, 1.82) is 0 Å². The van der Waals surface area contributed by atoms with Crippen molar-refractivity contribution in [3.05, 3.63) is 57.5 Å². The SMILES string of the molecule is Cc1cc(=O)[nH]cc1C(=O)Nc1ccc2c(c1)CCCO2. The predicted molar refractivity (Wildman–Crippen MR) is 80.0 cm³/mol. The molecule has 0 bridgehead atoms. The number of carbonyl (C=O) groups is 1. The van der Waals surface area contributed by atoms with E-state index in [0.29, 0.717) is 11.1 Å². The molecule has 2 heterocycles. The molecule has 1 aliphatic rings. The number of rotatable bonds is 2. The lowest BCUT2D eigenvalue weighted by molar-refractivity contribution is 0.102. The number of anilines is 1. The molecule has 3 rings (SSSR count). The number of aromatic nitrogens is 1. The summed E-state index contributed by atoms with van der Waals surface area (Å²) in [6.07, 6.45) is 3.38. The summed E-state index contributed by atoms with van der Waals surface area (Å²) in [5, 5.41) is 2.85. The van der Waals surface area contributed by atoms with Gasteiger partial charge in [-0.05, 0) is 49.1 Å². The quantitative estimate of drug-likeness (QED) is 0.888. The van der Waals surface area contributed by atoms with E-state index < -0.39 is 0 Å². The number of carbonyl (C=O) groups excluding carboxylic acids is 1. The van der Waals surface area contributed by atoms with Crippen LogP contribution in [-0.2, 0) is 6.42 Å². The number of H-pyrrole nitrogens is 1. The monoisotopic (exact) mass is 284 g/mol. The number of aromatic amines is 1. The largest absolute Gasteiger partial charge is 0.493 e. The van der Waals surface area contributed by atoms with E-state index in [1.54, 1.807) is 6.92 Å². The lowest BCUT2D eigenvalue weighted by Crippen LogP contribution is -2.17. The Kier molecular flexibility index (Phi) is 3.48. The summed E-state index contributed by atoms with van der Waals surface area (Å²) in [6.45, 7) is 2.49. The molecule has 0 radical (unpaired) electrons. The molecule has 1 amide bonds. The summed E-state index contributed by atoms with van der Waals surface area (Å²) >= 11 is 0. The molecule has 21 heavy (non-hydrogen) atoms. The highest BCUT2D eigenvalue weighted by molar-refractivity contribution is 6.05. The Labute approximate surface area is 122 Å². The summed E-state index contributed by atoms with van der Waals surface area (Å²) in [6, 6.07) is 7.05. The van der Waals surface area contributed by atoms with Crippen LogP contribution in [0.4, 0.5) is 5.69 Å². The number of nitrogens with one attached hydrogen (secondary N) is 2. The van der Waals surface area contributed by atoms with Crippen molar-refractivity contribution in [3.63, 3.8) is 0 Å². The van der Waals surface area contributed by atoms with Gasteiger partial charge in [0.25, 0.3) is 5.91 Å². The van der Waals surface area contributed by atoms with E-state index in [1.165, 1.54) is 12.3 Å². The smallest absolute Gasteiger partial charge is 0.257 e. The molecule has 1 aromatic carbocycles. The average Bonchev–Trinajstić information content (AvgIpc) is 2.47. The molecule has 108 valence electrons. The van der Waals surface area contributed by atoms with Crippen molar-refractivity contribution in [2.45, 2.75) is 19.8 Å². The maximum Gasteiger partial charge on any atom is 0.257 e. The molecule has 1 aliphatic heterocycles. The standard InChI is InChI=1S/C16H16N2O3/c1-10-7-15(19)17-9-13(10)16(20)18-12-4-5-14-11(8-12)3-2-6-21-14/h4-5,7-9H,2-3,6H2,1H3,(H,17,19)(H,18,20). The zero-order valence-electron chi connectivity index (χ0n) is 11.7. The fourth-order valence-corrected chi connectivity index (χ4v) is 2.45. The number of benzene rings is 1. The first-order chi connectivity index (χ1) is 10.1. The Morgan fingerprint density at radius 1 is 1.33 bits per heavy atom. The number of hydrogen-bond acceptors (Lipinski definition) is 3. The van der Waals surface area contributed by atoms with Crippen molar-refractivity contribution in [2.24, 2.45) is 0 Å². The number of aryl methyl sites for hydroxylation is 2. The fraction of sp³-hybridized carbons (Fsp3) is 0.250. The summed E-state index contributed by atoms with van der Waals surface area (Å²) in [7, 11) is 0. The Hall–Kier alpha value is -2.56. The van der Waals surface area contributed by atoms with Gasteiger partial charge in [-0.3, -0.25) is 9.59 Å². The van der Waals surface area contributed by atoms with Crippen LogP contribution < -0.4 is 15.6 Å². The summed E-state index contributed by atoms with van der Waals surface area (Å²) in [5.74, 6) is 0.653. The van der Waals surface area contributed by atoms with Gasteiger partial charge in [0.1, 0.15) is 5.75 Å². The third-order valence-electron chi connectivity index (χ3n) is 3.54. The van der Waals surface area contributed by atoms with Crippen LogP contribution in [-0.4, -0.2) is 17.5 Å². The third kappa shape index (κ3) is 2.81. The van der Waals surface area contributed by atoms with Gasteiger partial charge in [-0.2, -0.15) is 0 Å². The van der Waals surface area contributed by atoms with Crippen LogP contribution in [0.3, 0.4) is 0 Å². The molecular formula is C16H16N2O3. The molecule has 0 atom stereocenters. The van der Waals surface area contributed by atoms with Gasteiger partial charge < -0.3 is 15.0 Å². The predicted octanol–water partition coefficient (Wildman–Crippen LogP) is 2.26. The van der Waals surface area contributed by atoms with Gasteiger partial charge in [-0.1, -0.05) is 0 Å². The minimum atomic E-state index is -0.236. The van der Waals surface area contributed by atoms with Crippen molar-refractivity contribution in [3.8, 4) is 5.75 Å². The molecule has 2 aromatic rings. The Balaban J connectivity index is 1.83. The Morgan fingerprint density at radius 2 is 2.19 bits per heavy atom. The van der Waals surface area contributed by atoms with Crippen molar-refractivity contribution < 1.29 is 9.53 Å². The van der Waals surface area contributed by atoms with E-state index >= 15 is 0 Å². The van der Waals surface area contributed by atoms with E-state index in [9.17, 15) is 9.59 Å². The first kappa shape index (κ1) is 13.4. The number of ether oxygens (including phenoxy) is 1. The van der Waals surface area contributed by atoms with Gasteiger partial charge >= 0.3 is 0 Å². The minimum Gasteiger partial charge on any atom is -0.493 e. The lowest BCUT2D eigenvalue weighted by Gasteiger charge is -2.18. The van der Waals surface area contributed by atoms with Crippen LogP contribution in [0.25, 0.3) is 0 Å². The number of fused-ring (bicyclic) bond motifs is 1. The molecule has 0 aliphatic carbocycles. The average molecular weight is 284 g/mol. The Bertz CT molecular complexity index is 749. The maximum absolute atomic E-state index is 12.2. The maximum atomic E-state index is 12.2. The van der Waals surface area contributed by atoms with E-state index in [4.69, 9.17) is 4.74 Å². The molecule has 0 unspecified atom stereocenters. The van der Waals surface area contributed by atoms with E-state index in [0.717, 1.165) is 36.4 Å². The van der Waals surface area contributed by atoms with Gasteiger partial charge in [-0.15, -0.1) is 0 Å². The second-order valence-corrected chi connectivity index (χ2v) is 5.12. The molecule has 0 saturated carbocycles. The highest BCUT2D eigenvalue weighted by atomic mass is 16.5. The summed E-state index contributed by atoms with van der Waals surface area (Å²) in [5.41, 5.74) is 2.74. The second-order valence-electron chi connectivity index (χ2n) is 5.12. The van der Waals surface area contributed by atoms with Gasteiger partial charge in [0.05, 0.1) is 12.2 Å². The van der Waals surface area contributed by atoms with Crippen LogP contribution >= 0.6 is 0 Å². The molecular weight excluding hydrogens is 268 g/mol. The number of amides is 1. The first-order valence-corrected chi connectivity index (χ1v) is 6.90. The van der Waals surface area contributed by atoms with Gasteiger partial charge in [0.2, 0.25) is 5.56 Å². The fourth-order valence-electron chi connectivity index (χ4n) is 2.45. The van der Waals surface area contributed by atoms with Crippen LogP contribution in [0.2, 0.25) is 0 Å². The topological polar surface area (TPSA) is 71.2 Å². The molecule has 1 aromatic heterocycles. The van der Waals surface area contributed by atoms with E-state index in [-0.39, 0.29) is 11.5 Å². The molecule has 5 heteroatoms. The third-order valence-corrected chi connectivity index (χ3v) is 3.54. The number of pyridine rings is 1. The second kappa shape index (κ2) is 5.44. The van der Waals surface area contributed by atoms with Crippen LogP contribution in [0.1, 0.15) is 27.9 Å². The summed E-state index contributed by atoms with van der Waals surface area (Å²) in [4.78, 5) is 26.0. The Morgan fingerprint density at radius 3 is 3.00 bits per heavy atom. The van der Waals surface area contributed by atoms with E-state index in [1.807, 2.05) is 18.2 Å². The van der Waals surface area contributed by atoms with Crippen molar-refractivity contribution in [2.75, 3.05) is 11.9 Å². The highest BCUT2D eigenvalue weighted by Crippen LogP contribution is 2.27. The lowest BCUT2D eigenvalue weighted by atomic mass is 10.1. The van der Waals surface area contributed by atoms with Crippen LogP contribution in [0.5, 0.6) is 5.75 Å². The van der Waals surface area contributed by atoms with Crippen molar-refractivity contribution in [1.82, 2.24) is 4.98 Å². The number of hydrogen-bond donors (Lipinski definition) is 2. The van der Waals surface area contributed by atoms with Gasteiger partial charge in [0.15, 0.2) is 0 Å². The normalized spacial score (nSPS) is 13.2. The first-order valence-electron chi connectivity index (χ1n) is 6.90. The van der Waals surface area contributed by atoms with Crippen LogP contribution in [0.15, 0.2) is 35.3 Å². The molecule has 0 spiro atoms. The molecule has 0 saturated heterocycles. The van der Waals surface area contributed by atoms with Crippen LogP contribution in [0, 0.1) is 6.92 Å². The molecule has 5 nitrogen and oxygen atoms in total. The van der Waals surface area contributed by atoms with Gasteiger partial charge in [0, 0.05) is 18.0 Å². The highest BCUT2D eigenvalue weighted by Gasteiger charge is 2.13. The van der Waals surface area contributed by atoms with Gasteiger partial charge in [-0.25, -0.2) is 0 Å². The minimum absolute atomic E-state index is 0.213. The zero-order valence-corrected chi connectivity index (χ0v) is 11.7.